The Morgan fingerprint density at radius 2 is 1.29 bits per heavy atom. The van der Waals surface area contributed by atoms with Crippen LogP contribution < -0.4 is 4.90 Å². The van der Waals surface area contributed by atoms with Crippen LogP contribution in [0.1, 0.15) is 30.5 Å². The van der Waals surface area contributed by atoms with E-state index in [-0.39, 0.29) is 5.41 Å². The number of hydrogen-bond acceptors (Lipinski definition) is 3. The Labute approximate surface area is 305 Å². The van der Waals surface area contributed by atoms with Crippen molar-refractivity contribution in [3.05, 3.63) is 174 Å². The van der Waals surface area contributed by atoms with Crippen LogP contribution in [-0.2, 0) is 5.41 Å². The maximum Gasteiger partial charge on any atom is 0.214 e. The average molecular weight is 683 g/mol. The summed E-state index contributed by atoms with van der Waals surface area (Å²) in [5, 5.41) is 15.1. The Balaban J connectivity index is 1.40. The van der Waals surface area contributed by atoms with Crippen molar-refractivity contribution >= 4 is 76.1 Å². The number of hydrogen-bond donors (Lipinski definition) is 0. The molecule has 2 aromatic heterocycles. The first-order valence-electron chi connectivity index (χ1n) is 17.4. The van der Waals surface area contributed by atoms with Gasteiger partial charge in [0.2, 0.25) is 5.69 Å². The predicted octanol–water partition coefficient (Wildman–Crippen LogP) is 13.4. The second-order valence-corrected chi connectivity index (χ2v) is 15.1. The number of nitrogens with zero attached hydrogens (tertiary/aromatic N) is 4. The van der Waals surface area contributed by atoms with Gasteiger partial charge in [0.15, 0.2) is 0 Å². The van der Waals surface area contributed by atoms with Crippen LogP contribution in [-0.4, -0.2) is 4.57 Å². The summed E-state index contributed by atoms with van der Waals surface area (Å²) in [5.74, 6) is 0. The molecule has 1 aliphatic carbocycles. The number of benzene rings is 7. The molecular weight excluding hydrogens is 653 g/mol. The smallest absolute Gasteiger partial charge is 0.214 e. The zero-order chi connectivity index (χ0) is 35.1. The van der Waals surface area contributed by atoms with Crippen molar-refractivity contribution in [2.45, 2.75) is 19.3 Å². The molecule has 1 aliphatic rings. The second-order valence-electron chi connectivity index (χ2n) is 14.0. The van der Waals surface area contributed by atoms with Crippen LogP contribution in [0.25, 0.3) is 63.6 Å². The molecule has 7 aromatic carbocycles. The summed E-state index contributed by atoms with van der Waals surface area (Å²) in [6, 6.07) is 53.2. The van der Waals surface area contributed by atoms with Gasteiger partial charge in [-0.05, 0) is 89.0 Å². The molecule has 0 unspecified atom stereocenters. The number of aromatic nitrogens is 1. The fourth-order valence-electron chi connectivity index (χ4n) is 8.40. The van der Waals surface area contributed by atoms with Crippen molar-refractivity contribution in [3.63, 3.8) is 0 Å². The molecule has 10 rings (SSSR count). The van der Waals surface area contributed by atoms with Gasteiger partial charge in [-0.1, -0.05) is 92.7 Å². The van der Waals surface area contributed by atoms with E-state index in [1.54, 1.807) is 17.4 Å². The van der Waals surface area contributed by atoms with E-state index in [1.165, 1.54) is 42.4 Å². The van der Waals surface area contributed by atoms with E-state index in [0.717, 1.165) is 44.6 Å². The molecule has 244 valence electrons. The van der Waals surface area contributed by atoms with Crippen LogP contribution in [0.3, 0.4) is 0 Å². The molecule has 4 nitrogen and oxygen atoms in total. The third-order valence-corrected chi connectivity index (χ3v) is 11.9. The van der Waals surface area contributed by atoms with E-state index in [4.69, 9.17) is 6.57 Å². The predicted molar refractivity (Wildman–Crippen MR) is 217 cm³/mol. The number of thiophene rings is 1. The van der Waals surface area contributed by atoms with E-state index in [9.17, 15) is 5.26 Å². The average Bonchev–Trinajstić information content (AvgIpc) is 3.78. The monoisotopic (exact) mass is 682 g/mol. The van der Waals surface area contributed by atoms with Crippen LogP contribution >= 0.6 is 11.3 Å². The molecule has 0 saturated heterocycles. The first kappa shape index (κ1) is 30.2. The maximum absolute atomic E-state index is 10.3. The Morgan fingerprint density at radius 1 is 0.635 bits per heavy atom. The van der Waals surface area contributed by atoms with Crippen LogP contribution in [0.4, 0.5) is 22.7 Å². The molecule has 2 heterocycles. The number of nitriles is 1. The van der Waals surface area contributed by atoms with Crippen molar-refractivity contribution in [1.29, 1.82) is 5.26 Å². The molecule has 0 spiro atoms. The highest BCUT2D eigenvalue weighted by atomic mass is 32.1. The lowest BCUT2D eigenvalue weighted by molar-refractivity contribution is 0.661. The van der Waals surface area contributed by atoms with E-state index in [2.05, 4.69) is 131 Å². The Bertz CT molecular complexity index is 2970. The molecular formula is C47H30N4S. The molecule has 0 bridgehead atoms. The second kappa shape index (κ2) is 11.2. The van der Waals surface area contributed by atoms with Crippen molar-refractivity contribution < 1.29 is 0 Å². The summed E-state index contributed by atoms with van der Waals surface area (Å²) in [7, 11) is 0. The van der Waals surface area contributed by atoms with Crippen LogP contribution in [0.15, 0.2) is 146 Å². The summed E-state index contributed by atoms with van der Waals surface area (Å²) >= 11 is 1.80. The molecule has 0 saturated carbocycles. The quantitative estimate of drug-likeness (QED) is 0.173. The van der Waals surface area contributed by atoms with Gasteiger partial charge >= 0.3 is 0 Å². The molecule has 52 heavy (non-hydrogen) atoms. The first-order chi connectivity index (χ1) is 25.5. The van der Waals surface area contributed by atoms with Gasteiger partial charge in [0.1, 0.15) is 0 Å². The highest BCUT2D eigenvalue weighted by Crippen LogP contribution is 2.53. The fraction of sp³-hybridized carbons (Fsp3) is 0.0638. The van der Waals surface area contributed by atoms with E-state index in [0.29, 0.717) is 11.3 Å². The Kier molecular flexibility index (Phi) is 6.49. The van der Waals surface area contributed by atoms with Gasteiger partial charge in [0.25, 0.3) is 0 Å². The minimum absolute atomic E-state index is 0.214. The van der Waals surface area contributed by atoms with Crippen molar-refractivity contribution in [2.24, 2.45) is 0 Å². The minimum atomic E-state index is -0.214. The fourth-order valence-corrected chi connectivity index (χ4v) is 9.52. The van der Waals surface area contributed by atoms with Gasteiger partial charge in [0, 0.05) is 53.3 Å². The summed E-state index contributed by atoms with van der Waals surface area (Å²) in [4.78, 5) is 6.34. The zero-order valence-corrected chi connectivity index (χ0v) is 29.4. The maximum atomic E-state index is 10.3. The van der Waals surface area contributed by atoms with Crippen molar-refractivity contribution in [1.82, 2.24) is 4.57 Å². The molecule has 0 fully saturated rings. The van der Waals surface area contributed by atoms with Crippen molar-refractivity contribution in [2.75, 3.05) is 4.90 Å². The lowest BCUT2D eigenvalue weighted by Crippen LogP contribution is -2.15. The van der Waals surface area contributed by atoms with Gasteiger partial charge in [0.05, 0.1) is 35.0 Å². The minimum Gasteiger partial charge on any atom is -0.317 e. The molecule has 5 heteroatoms. The van der Waals surface area contributed by atoms with Gasteiger partial charge in [-0.15, -0.1) is 11.3 Å². The number of anilines is 3. The lowest BCUT2D eigenvalue weighted by Gasteiger charge is -2.29. The van der Waals surface area contributed by atoms with E-state index in [1.807, 2.05) is 42.5 Å². The molecule has 0 amide bonds. The summed E-state index contributed by atoms with van der Waals surface area (Å²) in [5.41, 5.74) is 11.2. The lowest BCUT2D eigenvalue weighted by atomic mass is 9.82. The molecule has 0 aliphatic heterocycles. The highest BCUT2D eigenvalue weighted by Gasteiger charge is 2.36. The summed E-state index contributed by atoms with van der Waals surface area (Å²) in [6.45, 7) is 13.2. The van der Waals surface area contributed by atoms with E-state index < -0.39 is 0 Å². The SMILES string of the molecule is [C-]#[N+]c1cc(C#N)cc(N(c2ccccc2)c2ccccc2)c1-n1c2cc3c(cc2c2cc4c(cc21)sc1ccccc14)-c1ccccc1C3(C)C. The topological polar surface area (TPSA) is 36.3 Å². The Hall–Kier alpha value is -6.66. The van der Waals surface area contributed by atoms with Crippen LogP contribution in [0.2, 0.25) is 0 Å². The molecule has 0 atom stereocenters. The molecule has 9 aromatic rings. The summed E-state index contributed by atoms with van der Waals surface area (Å²) < 4.78 is 4.74. The Morgan fingerprint density at radius 3 is 2.02 bits per heavy atom. The summed E-state index contributed by atoms with van der Waals surface area (Å²) in [6.07, 6.45) is 0. The van der Waals surface area contributed by atoms with Gasteiger partial charge in [-0.25, -0.2) is 4.85 Å². The molecule has 0 radical (unpaired) electrons. The third-order valence-electron chi connectivity index (χ3n) is 10.8. The number of rotatable bonds is 4. The third kappa shape index (κ3) is 4.24. The standard InChI is InChI=1S/C47H30N4S/c1-47(2)38-20-12-10-18-32(38)34-24-35-36-25-37-33-19-11-13-21-44(33)52-45(37)27-42(36)51(41(35)26-39(34)47)46-40(49-3)22-29(28-48)23-43(46)50(30-14-6-4-7-15-30)31-16-8-5-9-17-31/h4-27H,1-2H3. The first-order valence-corrected chi connectivity index (χ1v) is 18.2. The zero-order valence-electron chi connectivity index (χ0n) is 28.6. The number of para-hydroxylation sites is 2. The largest absolute Gasteiger partial charge is 0.317 e. The highest BCUT2D eigenvalue weighted by molar-refractivity contribution is 7.25. The van der Waals surface area contributed by atoms with Crippen LogP contribution in [0, 0.1) is 17.9 Å². The normalized spacial score (nSPS) is 12.9. The van der Waals surface area contributed by atoms with Crippen molar-refractivity contribution in [3.8, 4) is 22.9 Å². The van der Waals surface area contributed by atoms with Gasteiger partial charge in [-0.2, -0.15) is 5.26 Å². The van der Waals surface area contributed by atoms with E-state index >= 15 is 0 Å². The van der Waals surface area contributed by atoms with Gasteiger partial charge in [-0.3, -0.25) is 0 Å². The van der Waals surface area contributed by atoms with Gasteiger partial charge < -0.3 is 9.47 Å². The molecule has 0 N–H and O–H groups in total. The van der Waals surface area contributed by atoms with Crippen LogP contribution in [0.5, 0.6) is 0 Å². The number of fused-ring (bicyclic) bond motifs is 9.